The second-order valence-corrected chi connectivity index (χ2v) is 5.80. The lowest BCUT2D eigenvalue weighted by molar-refractivity contribution is -0.137. The highest BCUT2D eigenvalue weighted by Crippen LogP contribution is 2.37. The van der Waals surface area contributed by atoms with Gasteiger partial charge in [0.2, 0.25) is 0 Å². The second-order valence-electron chi connectivity index (χ2n) is 5.80. The number of alkyl halides is 3. The van der Waals surface area contributed by atoms with E-state index in [9.17, 15) is 23.1 Å². The lowest BCUT2D eigenvalue weighted by atomic mass is 10.0. The predicted octanol–water partition coefficient (Wildman–Crippen LogP) is 5.60. The van der Waals surface area contributed by atoms with Crippen LogP contribution < -0.4 is 0 Å². The van der Waals surface area contributed by atoms with Crippen molar-refractivity contribution in [1.29, 1.82) is 0 Å². The van der Waals surface area contributed by atoms with Gasteiger partial charge in [0.05, 0.1) is 16.8 Å². The van der Waals surface area contributed by atoms with E-state index in [0.717, 1.165) is 17.7 Å². The number of phenols is 1. The van der Waals surface area contributed by atoms with Crippen molar-refractivity contribution in [1.82, 2.24) is 4.57 Å². The van der Waals surface area contributed by atoms with Crippen LogP contribution >= 0.6 is 0 Å². The van der Waals surface area contributed by atoms with Crippen LogP contribution in [0.15, 0.2) is 36.4 Å². The molecule has 7 heteroatoms. The van der Waals surface area contributed by atoms with Crippen molar-refractivity contribution in [2.75, 3.05) is 0 Å². The molecule has 3 aromatic rings. The quantitative estimate of drug-likeness (QED) is 0.609. The number of aromatic hydroxyl groups is 1. The number of carboxylic acid groups (broad SMARTS) is 1. The molecule has 1 heterocycles. The molecule has 0 aliphatic carbocycles. The van der Waals surface area contributed by atoms with Gasteiger partial charge in [-0.25, -0.2) is 4.79 Å². The SMILES string of the molecule is CC.Cc1c(-c2ccc(C(F)(F)F)cc2)n(C)c2cc(O)c(C(=O)O)cc12. The van der Waals surface area contributed by atoms with E-state index in [1.54, 1.807) is 18.5 Å². The maximum absolute atomic E-state index is 12.7. The van der Waals surface area contributed by atoms with Gasteiger partial charge >= 0.3 is 12.1 Å². The van der Waals surface area contributed by atoms with Gasteiger partial charge in [-0.3, -0.25) is 0 Å². The largest absolute Gasteiger partial charge is 0.507 e. The molecule has 3 rings (SSSR count). The molecule has 144 valence electrons. The highest BCUT2D eigenvalue weighted by Gasteiger charge is 2.30. The minimum absolute atomic E-state index is 0.222. The predicted molar refractivity (Wildman–Crippen MR) is 98.1 cm³/mol. The van der Waals surface area contributed by atoms with Gasteiger partial charge in [-0.2, -0.15) is 13.2 Å². The molecule has 0 amide bonds. The number of aromatic carboxylic acids is 1. The first-order chi connectivity index (χ1) is 12.6. The van der Waals surface area contributed by atoms with Crippen LogP contribution in [0.3, 0.4) is 0 Å². The third kappa shape index (κ3) is 3.63. The van der Waals surface area contributed by atoms with Gasteiger partial charge < -0.3 is 14.8 Å². The van der Waals surface area contributed by atoms with Crippen LogP contribution in [-0.2, 0) is 13.2 Å². The maximum Gasteiger partial charge on any atom is 0.416 e. The lowest BCUT2D eigenvalue weighted by Crippen LogP contribution is -2.04. The summed E-state index contributed by atoms with van der Waals surface area (Å²) in [6.07, 6.45) is -4.41. The van der Waals surface area contributed by atoms with E-state index in [-0.39, 0.29) is 11.3 Å². The van der Waals surface area contributed by atoms with Crippen LogP contribution in [0.1, 0.15) is 35.3 Å². The summed E-state index contributed by atoms with van der Waals surface area (Å²) in [6.45, 7) is 5.76. The van der Waals surface area contributed by atoms with Crippen LogP contribution in [0.4, 0.5) is 13.2 Å². The Labute approximate surface area is 154 Å². The van der Waals surface area contributed by atoms with E-state index in [1.807, 2.05) is 13.8 Å². The minimum Gasteiger partial charge on any atom is -0.507 e. The van der Waals surface area contributed by atoms with Crippen LogP contribution in [0, 0.1) is 6.92 Å². The van der Waals surface area contributed by atoms with Crippen molar-refractivity contribution in [2.24, 2.45) is 7.05 Å². The topological polar surface area (TPSA) is 62.5 Å². The number of fused-ring (bicyclic) bond motifs is 1. The molecule has 0 saturated carbocycles. The zero-order valence-corrected chi connectivity index (χ0v) is 15.3. The molecule has 0 bridgehead atoms. The lowest BCUT2D eigenvalue weighted by Gasteiger charge is -2.09. The van der Waals surface area contributed by atoms with Gasteiger partial charge in [0.1, 0.15) is 11.3 Å². The number of carboxylic acids is 1. The second kappa shape index (κ2) is 7.34. The van der Waals surface area contributed by atoms with Crippen LogP contribution in [-0.4, -0.2) is 20.7 Å². The fraction of sp³-hybridized carbons (Fsp3) is 0.250. The number of aryl methyl sites for hydroxylation is 2. The van der Waals surface area contributed by atoms with Gasteiger partial charge in [-0.15, -0.1) is 0 Å². The van der Waals surface area contributed by atoms with Gasteiger partial charge in [0.15, 0.2) is 0 Å². The normalized spacial score (nSPS) is 11.2. The molecule has 0 unspecified atom stereocenters. The average molecular weight is 379 g/mol. The van der Waals surface area contributed by atoms with E-state index < -0.39 is 17.7 Å². The third-order valence-electron chi connectivity index (χ3n) is 4.29. The Morgan fingerprint density at radius 3 is 2.11 bits per heavy atom. The van der Waals surface area contributed by atoms with Crippen molar-refractivity contribution in [2.45, 2.75) is 26.9 Å². The fourth-order valence-electron chi connectivity index (χ4n) is 3.05. The molecule has 1 aromatic heterocycles. The Morgan fingerprint density at radius 1 is 1.07 bits per heavy atom. The number of halogens is 3. The molecule has 4 nitrogen and oxygen atoms in total. The van der Waals surface area contributed by atoms with E-state index in [0.29, 0.717) is 22.2 Å². The molecule has 2 N–H and O–H groups in total. The number of nitrogens with zero attached hydrogens (tertiary/aromatic N) is 1. The number of carbonyl (C=O) groups is 1. The third-order valence-corrected chi connectivity index (χ3v) is 4.29. The highest BCUT2D eigenvalue weighted by atomic mass is 19.4. The molecular weight excluding hydrogens is 359 g/mol. The van der Waals surface area contributed by atoms with Gasteiger partial charge in [-0.05, 0) is 36.2 Å². The Bertz CT molecular complexity index is 987. The van der Waals surface area contributed by atoms with Crippen molar-refractivity contribution in [3.8, 4) is 17.0 Å². The molecule has 0 spiro atoms. The standard InChI is InChI=1S/C18H14F3NO3.C2H6/c1-9-12-7-13(17(24)25)15(23)8-14(12)22(2)16(9)10-3-5-11(6-4-10)18(19,20)21;1-2/h3-8,23H,1-2H3,(H,24,25);1-2H3. The summed E-state index contributed by atoms with van der Waals surface area (Å²) in [5, 5.41) is 19.6. The fourth-order valence-corrected chi connectivity index (χ4v) is 3.05. The number of benzene rings is 2. The zero-order valence-electron chi connectivity index (χ0n) is 15.3. The molecule has 0 aliphatic heterocycles. The maximum atomic E-state index is 12.7. The molecule has 0 saturated heterocycles. The first-order valence-electron chi connectivity index (χ1n) is 8.34. The molecule has 2 aromatic carbocycles. The Kier molecular flexibility index (Phi) is 5.54. The van der Waals surface area contributed by atoms with Crippen molar-refractivity contribution in [3.63, 3.8) is 0 Å². The molecule has 0 radical (unpaired) electrons. The molecular formula is C20H20F3NO3. The first kappa shape index (κ1) is 20.4. The number of rotatable bonds is 2. The van der Waals surface area contributed by atoms with E-state index in [4.69, 9.17) is 5.11 Å². The summed E-state index contributed by atoms with van der Waals surface area (Å²) in [7, 11) is 1.71. The van der Waals surface area contributed by atoms with E-state index in [2.05, 4.69) is 0 Å². The first-order valence-corrected chi connectivity index (χ1v) is 8.34. The number of hydrogen-bond donors (Lipinski definition) is 2. The summed E-state index contributed by atoms with van der Waals surface area (Å²) in [6, 6.07) is 7.48. The summed E-state index contributed by atoms with van der Waals surface area (Å²) >= 11 is 0. The highest BCUT2D eigenvalue weighted by molar-refractivity contribution is 6.00. The monoisotopic (exact) mass is 379 g/mol. The van der Waals surface area contributed by atoms with E-state index in [1.165, 1.54) is 24.3 Å². The van der Waals surface area contributed by atoms with Crippen molar-refractivity contribution in [3.05, 3.63) is 53.1 Å². The van der Waals surface area contributed by atoms with Crippen LogP contribution in [0.25, 0.3) is 22.2 Å². The van der Waals surface area contributed by atoms with Crippen molar-refractivity contribution < 1.29 is 28.2 Å². The van der Waals surface area contributed by atoms with Gasteiger partial charge in [0.25, 0.3) is 0 Å². The Balaban J connectivity index is 0.00000126. The Morgan fingerprint density at radius 2 is 1.63 bits per heavy atom. The number of hydrogen-bond acceptors (Lipinski definition) is 2. The molecule has 0 aliphatic rings. The summed E-state index contributed by atoms with van der Waals surface area (Å²) in [4.78, 5) is 11.2. The number of aromatic nitrogens is 1. The summed E-state index contributed by atoms with van der Waals surface area (Å²) < 4.78 is 39.9. The minimum atomic E-state index is -4.41. The van der Waals surface area contributed by atoms with Crippen LogP contribution in [0.2, 0.25) is 0 Å². The van der Waals surface area contributed by atoms with Gasteiger partial charge in [-0.1, -0.05) is 26.0 Å². The van der Waals surface area contributed by atoms with Gasteiger partial charge in [0, 0.05) is 18.5 Å². The van der Waals surface area contributed by atoms with Crippen molar-refractivity contribution >= 4 is 16.9 Å². The Hall–Kier alpha value is -2.96. The molecule has 27 heavy (non-hydrogen) atoms. The van der Waals surface area contributed by atoms with Crippen LogP contribution in [0.5, 0.6) is 5.75 Å². The van der Waals surface area contributed by atoms with E-state index >= 15 is 0 Å². The molecule has 0 atom stereocenters. The average Bonchev–Trinajstić information content (AvgIpc) is 2.85. The zero-order chi connectivity index (χ0) is 20.5. The molecule has 0 fully saturated rings. The smallest absolute Gasteiger partial charge is 0.416 e. The summed E-state index contributed by atoms with van der Waals surface area (Å²) in [5.74, 6) is -1.61. The summed E-state index contributed by atoms with van der Waals surface area (Å²) in [5.41, 5.74) is 1.58.